The second kappa shape index (κ2) is 4.81. The van der Waals surface area contributed by atoms with Crippen molar-refractivity contribution in [1.29, 1.82) is 0 Å². The number of carboxylic acids is 1. The molecule has 0 radical (unpaired) electrons. The van der Waals surface area contributed by atoms with Crippen LogP contribution in [0, 0.1) is 0 Å². The van der Waals surface area contributed by atoms with Crippen molar-refractivity contribution in [3.63, 3.8) is 0 Å². The van der Waals surface area contributed by atoms with Gasteiger partial charge >= 0.3 is 5.97 Å². The third kappa shape index (κ3) is 2.34. The lowest BCUT2D eigenvalue weighted by molar-refractivity contribution is 0.0697. The Balaban J connectivity index is 2.03. The van der Waals surface area contributed by atoms with Crippen LogP contribution < -0.4 is 0 Å². The van der Waals surface area contributed by atoms with Crippen molar-refractivity contribution < 1.29 is 9.90 Å². The lowest BCUT2D eigenvalue weighted by Gasteiger charge is -2.10. The van der Waals surface area contributed by atoms with Gasteiger partial charge in [0, 0.05) is 28.6 Å². The standard InChI is InChI=1S/C13H9N3O2S/c17-13(18)9-3-4-14-11(5-9)8-1-2-10-7-15-16-19-12(10)6-8/h1-6H,7H2,(H,17,18). The molecule has 1 aromatic heterocycles. The average molecular weight is 271 g/mol. The maximum Gasteiger partial charge on any atom is 0.335 e. The van der Waals surface area contributed by atoms with Gasteiger partial charge in [-0.25, -0.2) is 4.79 Å². The fourth-order valence-electron chi connectivity index (χ4n) is 1.83. The molecule has 1 N–H and O–H groups in total. The first kappa shape index (κ1) is 11.9. The lowest BCUT2D eigenvalue weighted by Crippen LogP contribution is -1.97. The minimum atomic E-state index is -0.954. The molecular formula is C13H9N3O2S. The van der Waals surface area contributed by atoms with E-state index in [1.807, 2.05) is 18.2 Å². The molecule has 0 bridgehead atoms. The third-order valence-corrected chi connectivity index (χ3v) is 3.58. The van der Waals surface area contributed by atoms with Gasteiger partial charge in [-0.05, 0) is 23.8 Å². The number of carboxylic acid groups (broad SMARTS) is 1. The first-order chi connectivity index (χ1) is 9.24. The molecule has 0 saturated heterocycles. The summed E-state index contributed by atoms with van der Waals surface area (Å²) in [6.07, 6.45) is 1.51. The summed E-state index contributed by atoms with van der Waals surface area (Å²) in [5.41, 5.74) is 2.88. The number of aromatic nitrogens is 1. The molecule has 5 nitrogen and oxygen atoms in total. The fraction of sp³-hybridized carbons (Fsp3) is 0.0769. The molecule has 1 aromatic carbocycles. The van der Waals surface area contributed by atoms with Crippen LogP contribution in [0.1, 0.15) is 15.9 Å². The van der Waals surface area contributed by atoms with Crippen molar-refractivity contribution in [3.05, 3.63) is 47.7 Å². The number of aromatic carboxylic acids is 1. The molecule has 1 aliphatic rings. The summed E-state index contributed by atoms with van der Waals surface area (Å²) in [7, 11) is 0. The molecule has 19 heavy (non-hydrogen) atoms. The summed E-state index contributed by atoms with van der Waals surface area (Å²) >= 11 is 1.32. The molecule has 6 heteroatoms. The maximum atomic E-state index is 11.0. The summed E-state index contributed by atoms with van der Waals surface area (Å²) in [6, 6.07) is 8.91. The van der Waals surface area contributed by atoms with Gasteiger partial charge in [-0.3, -0.25) is 4.98 Å². The van der Waals surface area contributed by atoms with E-state index in [-0.39, 0.29) is 5.56 Å². The number of pyridine rings is 1. The first-order valence-electron chi connectivity index (χ1n) is 5.60. The number of hydrogen-bond donors (Lipinski definition) is 1. The molecule has 0 aliphatic carbocycles. The Morgan fingerprint density at radius 2 is 2.16 bits per heavy atom. The van der Waals surface area contributed by atoms with Gasteiger partial charge < -0.3 is 5.11 Å². The number of fused-ring (bicyclic) bond motifs is 1. The molecule has 0 fully saturated rings. The van der Waals surface area contributed by atoms with E-state index in [0.717, 1.165) is 16.0 Å². The van der Waals surface area contributed by atoms with Crippen LogP contribution in [0.15, 0.2) is 51.1 Å². The average Bonchev–Trinajstić information content (AvgIpc) is 2.47. The molecular weight excluding hydrogens is 262 g/mol. The van der Waals surface area contributed by atoms with Crippen molar-refractivity contribution in [2.45, 2.75) is 11.4 Å². The van der Waals surface area contributed by atoms with Gasteiger partial charge in [-0.1, -0.05) is 12.1 Å². The summed E-state index contributed by atoms with van der Waals surface area (Å²) in [6.45, 7) is 0.588. The summed E-state index contributed by atoms with van der Waals surface area (Å²) < 4.78 is 3.93. The van der Waals surface area contributed by atoms with E-state index in [2.05, 4.69) is 14.6 Å². The van der Waals surface area contributed by atoms with Crippen LogP contribution in [-0.4, -0.2) is 16.1 Å². The van der Waals surface area contributed by atoms with Crippen molar-refractivity contribution in [2.75, 3.05) is 0 Å². The van der Waals surface area contributed by atoms with E-state index in [4.69, 9.17) is 5.11 Å². The molecule has 1 aliphatic heterocycles. The molecule has 0 unspecified atom stereocenters. The van der Waals surface area contributed by atoms with Crippen molar-refractivity contribution in [1.82, 2.24) is 4.98 Å². The highest BCUT2D eigenvalue weighted by atomic mass is 32.2. The summed E-state index contributed by atoms with van der Waals surface area (Å²) in [4.78, 5) is 16.2. The Morgan fingerprint density at radius 3 is 3.00 bits per heavy atom. The van der Waals surface area contributed by atoms with Crippen LogP contribution in [0.2, 0.25) is 0 Å². The van der Waals surface area contributed by atoms with E-state index >= 15 is 0 Å². The molecule has 0 atom stereocenters. The number of carbonyl (C=O) groups is 1. The van der Waals surface area contributed by atoms with Crippen molar-refractivity contribution >= 4 is 17.9 Å². The number of hydrogen-bond acceptors (Lipinski definition) is 5. The first-order valence-corrected chi connectivity index (χ1v) is 6.38. The molecule has 3 rings (SSSR count). The zero-order chi connectivity index (χ0) is 13.2. The molecule has 2 heterocycles. The van der Waals surface area contributed by atoms with E-state index in [9.17, 15) is 4.79 Å². The van der Waals surface area contributed by atoms with E-state index in [0.29, 0.717) is 12.2 Å². The van der Waals surface area contributed by atoms with Crippen LogP contribution in [0.25, 0.3) is 11.3 Å². The smallest absolute Gasteiger partial charge is 0.335 e. The zero-order valence-electron chi connectivity index (χ0n) is 9.78. The van der Waals surface area contributed by atoms with E-state index < -0.39 is 5.97 Å². The van der Waals surface area contributed by atoms with Gasteiger partial charge in [0.05, 0.1) is 17.8 Å². The second-order valence-corrected chi connectivity index (χ2v) is 4.82. The van der Waals surface area contributed by atoms with Gasteiger partial charge in [-0.2, -0.15) is 5.11 Å². The van der Waals surface area contributed by atoms with Crippen LogP contribution in [0.4, 0.5) is 0 Å². The molecule has 0 spiro atoms. The highest BCUT2D eigenvalue weighted by Gasteiger charge is 2.11. The van der Waals surface area contributed by atoms with Crippen LogP contribution >= 0.6 is 11.9 Å². The quantitative estimate of drug-likeness (QED) is 0.849. The fourth-order valence-corrected chi connectivity index (χ4v) is 2.46. The maximum absolute atomic E-state index is 11.0. The molecule has 2 aromatic rings. The number of nitrogens with zero attached hydrogens (tertiary/aromatic N) is 3. The van der Waals surface area contributed by atoms with Crippen LogP contribution in [0.3, 0.4) is 0 Å². The number of rotatable bonds is 2. The van der Waals surface area contributed by atoms with Gasteiger partial charge in [0.1, 0.15) is 0 Å². The monoisotopic (exact) mass is 271 g/mol. The highest BCUT2D eigenvalue weighted by molar-refractivity contribution is 7.98. The minimum Gasteiger partial charge on any atom is -0.478 e. The van der Waals surface area contributed by atoms with E-state index in [1.165, 1.54) is 24.2 Å². The van der Waals surface area contributed by atoms with Gasteiger partial charge in [0.25, 0.3) is 0 Å². The number of benzene rings is 1. The predicted molar refractivity (Wildman–Crippen MR) is 71.0 cm³/mol. The normalized spacial score (nSPS) is 13.1. The molecule has 94 valence electrons. The molecule has 0 saturated carbocycles. The second-order valence-electron chi connectivity index (χ2n) is 4.03. The van der Waals surface area contributed by atoms with Crippen molar-refractivity contribution in [2.24, 2.45) is 9.63 Å². The summed E-state index contributed by atoms with van der Waals surface area (Å²) in [5, 5.41) is 12.9. The van der Waals surface area contributed by atoms with Crippen molar-refractivity contribution in [3.8, 4) is 11.3 Å². The van der Waals surface area contributed by atoms with Crippen LogP contribution in [-0.2, 0) is 6.54 Å². The minimum absolute atomic E-state index is 0.232. The third-order valence-electron chi connectivity index (χ3n) is 2.81. The Bertz CT molecular complexity index is 685. The Morgan fingerprint density at radius 1 is 1.26 bits per heavy atom. The van der Waals surface area contributed by atoms with Crippen LogP contribution in [0.5, 0.6) is 0 Å². The summed E-state index contributed by atoms with van der Waals surface area (Å²) in [5.74, 6) is -0.954. The predicted octanol–water partition coefficient (Wildman–Crippen LogP) is 3.42. The zero-order valence-corrected chi connectivity index (χ0v) is 10.6. The topological polar surface area (TPSA) is 74.9 Å². The Hall–Kier alpha value is -2.21. The Kier molecular flexibility index (Phi) is 3.00. The van der Waals surface area contributed by atoms with Gasteiger partial charge in [0.15, 0.2) is 0 Å². The highest BCUT2D eigenvalue weighted by Crippen LogP contribution is 2.32. The van der Waals surface area contributed by atoms with Gasteiger partial charge in [0.2, 0.25) is 0 Å². The van der Waals surface area contributed by atoms with E-state index in [1.54, 1.807) is 6.07 Å². The SMILES string of the molecule is O=C(O)c1ccnc(-c2ccc3c(c2)SN=NC3)c1. The van der Waals surface area contributed by atoms with Gasteiger partial charge in [-0.15, -0.1) is 4.52 Å². The largest absolute Gasteiger partial charge is 0.478 e. The lowest BCUT2D eigenvalue weighted by atomic mass is 10.1. The molecule has 0 amide bonds. The Labute approximate surface area is 113 Å².